The van der Waals surface area contributed by atoms with Gasteiger partial charge in [0.1, 0.15) is 12.1 Å². The van der Waals surface area contributed by atoms with Crippen molar-refractivity contribution >= 4 is 40.4 Å². The molecule has 2 aromatic carbocycles. The van der Waals surface area contributed by atoms with Gasteiger partial charge in [-0.1, -0.05) is 24.3 Å². The number of carbonyl (C=O) groups excluding carboxylic acids is 2. The molecule has 0 aliphatic carbocycles. The number of anilines is 3. The van der Waals surface area contributed by atoms with E-state index in [4.69, 9.17) is 0 Å². The van der Waals surface area contributed by atoms with Gasteiger partial charge in [0.05, 0.1) is 5.52 Å². The van der Waals surface area contributed by atoms with Crippen molar-refractivity contribution in [1.29, 1.82) is 0 Å². The molecule has 0 atom stereocenters. The fraction of sp³-hybridized carbons (Fsp3) is 0.276. The number of rotatable bonds is 5. The lowest BCUT2D eigenvalue weighted by atomic mass is 9.90. The summed E-state index contributed by atoms with van der Waals surface area (Å²) in [7, 11) is 5.48. The fourth-order valence-electron chi connectivity index (χ4n) is 4.55. The third-order valence-corrected chi connectivity index (χ3v) is 6.76. The predicted molar refractivity (Wildman–Crippen MR) is 150 cm³/mol. The van der Waals surface area contributed by atoms with Gasteiger partial charge in [0.2, 0.25) is 0 Å². The Morgan fingerprint density at radius 2 is 1.76 bits per heavy atom. The first-order valence-electron chi connectivity index (χ1n) is 12.5. The molecule has 0 unspecified atom stereocenters. The number of fused-ring (bicyclic) bond motifs is 1. The van der Waals surface area contributed by atoms with Crippen LogP contribution in [-0.4, -0.2) is 56.1 Å². The average Bonchev–Trinajstić information content (AvgIpc) is 3.40. The van der Waals surface area contributed by atoms with E-state index in [1.807, 2.05) is 56.6 Å². The number of amides is 1. The van der Waals surface area contributed by atoms with Crippen LogP contribution < -0.4 is 20.9 Å². The molecule has 1 fully saturated rings. The second kappa shape index (κ2) is 12.2. The Balaban J connectivity index is 0.000000195. The molecule has 37 heavy (non-hydrogen) atoms. The number of pyridine rings is 1. The number of aromatic nitrogens is 2. The molecule has 192 valence electrons. The van der Waals surface area contributed by atoms with E-state index in [2.05, 4.69) is 44.0 Å². The minimum atomic E-state index is -0.145. The first kappa shape index (κ1) is 25.9. The normalized spacial score (nSPS) is 13.4. The first-order chi connectivity index (χ1) is 18.0. The van der Waals surface area contributed by atoms with Gasteiger partial charge in [-0.25, -0.2) is 9.78 Å². The van der Waals surface area contributed by atoms with Gasteiger partial charge < -0.3 is 20.9 Å². The second-order valence-electron chi connectivity index (χ2n) is 9.00. The van der Waals surface area contributed by atoms with E-state index in [9.17, 15) is 9.59 Å². The molecule has 3 N–H and O–H groups in total. The van der Waals surface area contributed by atoms with Crippen LogP contribution in [0.3, 0.4) is 0 Å². The minimum absolute atomic E-state index is 0.145. The Morgan fingerprint density at radius 1 is 1.03 bits per heavy atom. The Bertz CT molecular complexity index is 1340. The SMILES string of the molecule is CNC(=O)n1ccc2cc(N(C)c3ccnc(NC)c3)ccc21.O=Cc1ccc(C2CCNCC2)cc1. The number of nitrogens with one attached hydrogen (secondary N) is 3. The van der Waals surface area contributed by atoms with Crippen LogP contribution in [0.2, 0.25) is 0 Å². The van der Waals surface area contributed by atoms with Crippen LogP contribution >= 0.6 is 0 Å². The molecule has 8 nitrogen and oxygen atoms in total. The molecule has 2 aromatic heterocycles. The van der Waals surface area contributed by atoms with Gasteiger partial charge in [-0.3, -0.25) is 9.36 Å². The summed E-state index contributed by atoms with van der Waals surface area (Å²) in [5, 5.41) is 10.0. The van der Waals surface area contributed by atoms with Crippen molar-refractivity contribution in [2.45, 2.75) is 18.8 Å². The molecule has 5 rings (SSSR count). The van der Waals surface area contributed by atoms with Gasteiger partial charge in [-0.05, 0) is 67.7 Å². The van der Waals surface area contributed by atoms with Crippen molar-refractivity contribution in [2.75, 3.05) is 44.4 Å². The van der Waals surface area contributed by atoms with Crippen LogP contribution in [0.25, 0.3) is 10.9 Å². The Kier molecular flexibility index (Phi) is 8.53. The summed E-state index contributed by atoms with van der Waals surface area (Å²) in [4.78, 5) is 28.6. The third kappa shape index (κ3) is 6.16. The van der Waals surface area contributed by atoms with Crippen molar-refractivity contribution in [3.8, 4) is 0 Å². The average molecular weight is 499 g/mol. The predicted octanol–water partition coefficient (Wildman–Crippen LogP) is 5.00. The largest absolute Gasteiger partial charge is 0.373 e. The van der Waals surface area contributed by atoms with Crippen molar-refractivity contribution < 1.29 is 9.59 Å². The number of hydrogen-bond donors (Lipinski definition) is 3. The molecule has 0 bridgehead atoms. The highest BCUT2D eigenvalue weighted by molar-refractivity contribution is 5.93. The fourth-order valence-corrected chi connectivity index (χ4v) is 4.55. The molecule has 1 amide bonds. The smallest absolute Gasteiger partial charge is 0.325 e. The van der Waals surface area contributed by atoms with Crippen LogP contribution in [-0.2, 0) is 0 Å². The van der Waals surface area contributed by atoms with E-state index < -0.39 is 0 Å². The molecular weight excluding hydrogens is 464 g/mol. The summed E-state index contributed by atoms with van der Waals surface area (Å²) in [6.45, 7) is 2.22. The molecule has 0 radical (unpaired) electrons. The van der Waals surface area contributed by atoms with Crippen molar-refractivity contribution in [3.05, 3.63) is 84.2 Å². The number of piperidine rings is 1. The number of aldehydes is 1. The lowest BCUT2D eigenvalue weighted by molar-refractivity contribution is 0.112. The number of benzene rings is 2. The summed E-state index contributed by atoms with van der Waals surface area (Å²) >= 11 is 0. The first-order valence-corrected chi connectivity index (χ1v) is 12.5. The van der Waals surface area contributed by atoms with Gasteiger partial charge in [0, 0.05) is 61.9 Å². The number of hydrogen-bond acceptors (Lipinski definition) is 6. The molecule has 8 heteroatoms. The maximum Gasteiger partial charge on any atom is 0.325 e. The molecule has 1 aliphatic heterocycles. The monoisotopic (exact) mass is 498 g/mol. The van der Waals surface area contributed by atoms with Gasteiger partial charge in [0.15, 0.2) is 0 Å². The van der Waals surface area contributed by atoms with Gasteiger partial charge >= 0.3 is 6.03 Å². The standard InChI is InChI=1S/C17H19N5O.C12H15NO/c1-18-16-11-14(6-8-20-16)21(3)13-4-5-15-12(10-13)7-9-22(15)17(23)19-2;14-9-10-1-3-11(4-2-10)12-5-7-13-8-6-12/h4-11H,1-3H3,(H,18,20)(H,19,23);1-4,9,12-13H,5-8H2. The van der Waals surface area contributed by atoms with E-state index in [1.54, 1.807) is 24.0 Å². The molecule has 1 saturated heterocycles. The molecular formula is C29H34N6O2. The summed E-state index contributed by atoms with van der Waals surface area (Å²) in [5.74, 6) is 1.50. The topological polar surface area (TPSA) is 91.3 Å². The van der Waals surface area contributed by atoms with E-state index in [1.165, 1.54) is 18.4 Å². The summed E-state index contributed by atoms with van der Waals surface area (Å²) in [6.07, 6.45) is 6.87. The molecule has 4 aromatic rings. The Hall–Kier alpha value is -4.17. The Morgan fingerprint density at radius 3 is 2.43 bits per heavy atom. The van der Waals surface area contributed by atoms with Crippen LogP contribution in [0.15, 0.2) is 73.1 Å². The molecule has 0 spiro atoms. The lowest BCUT2D eigenvalue weighted by Crippen LogP contribution is -2.26. The highest BCUT2D eigenvalue weighted by atomic mass is 16.2. The zero-order valence-corrected chi connectivity index (χ0v) is 21.6. The van der Waals surface area contributed by atoms with Crippen molar-refractivity contribution in [2.24, 2.45) is 0 Å². The van der Waals surface area contributed by atoms with Crippen molar-refractivity contribution in [1.82, 2.24) is 20.2 Å². The van der Waals surface area contributed by atoms with E-state index in [-0.39, 0.29) is 6.03 Å². The molecule has 1 aliphatic rings. The summed E-state index contributed by atoms with van der Waals surface area (Å²) in [5.41, 5.74) is 5.10. The zero-order valence-electron chi connectivity index (χ0n) is 21.6. The molecule has 0 saturated carbocycles. The van der Waals surface area contributed by atoms with Gasteiger partial charge in [0.25, 0.3) is 0 Å². The lowest BCUT2D eigenvalue weighted by Gasteiger charge is -2.22. The number of carbonyl (C=O) groups is 2. The van der Waals surface area contributed by atoms with E-state index in [0.29, 0.717) is 5.92 Å². The maximum atomic E-state index is 11.8. The van der Waals surface area contributed by atoms with E-state index >= 15 is 0 Å². The Labute approximate surface area is 217 Å². The van der Waals surface area contributed by atoms with Crippen LogP contribution in [0.5, 0.6) is 0 Å². The summed E-state index contributed by atoms with van der Waals surface area (Å²) < 4.78 is 1.60. The van der Waals surface area contributed by atoms with Gasteiger partial charge in [-0.2, -0.15) is 0 Å². The molecule has 3 heterocycles. The second-order valence-corrected chi connectivity index (χ2v) is 9.00. The highest BCUT2D eigenvalue weighted by Crippen LogP contribution is 2.28. The quantitative estimate of drug-likeness (QED) is 0.336. The van der Waals surface area contributed by atoms with Crippen LogP contribution in [0.4, 0.5) is 22.0 Å². The highest BCUT2D eigenvalue weighted by Gasteiger charge is 2.14. The van der Waals surface area contributed by atoms with Gasteiger partial charge in [-0.15, -0.1) is 0 Å². The summed E-state index contributed by atoms with van der Waals surface area (Å²) in [6, 6.07) is 19.7. The zero-order chi connectivity index (χ0) is 26.2. The number of nitrogens with zero attached hydrogens (tertiary/aromatic N) is 3. The van der Waals surface area contributed by atoms with Crippen molar-refractivity contribution in [3.63, 3.8) is 0 Å². The minimum Gasteiger partial charge on any atom is -0.373 e. The maximum absolute atomic E-state index is 11.8. The van der Waals surface area contributed by atoms with E-state index in [0.717, 1.165) is 53.0 Å². The van der Waals surface area contributed by atoms with Crippen LogP contribution in [0.1, 0.15) is 34.7 Å². The van der Waals surface area contributed by atoms with Crippen LogP contribution in [0, 0.1) is 0 Å². The third-order valence-electron chi connectivity index (χ3n) is 6.76.